The quantitative estimate of drug-likeness (QED) is 0.172. The zero-order valence-corrected chi connectivity index (χ0v) is 19.5. The summed E-state index contributed by atoms with van der Waals surface area (Å²) in [5.41, 5.74) is 11.0. The van der Waals surface area contributed by atoms with E-state index in [1.165, 1.54) is 24.3 Å². The summed E-state index contributed by atoms with van der Waals surface area (Å²) in [5, 5.41) is 5.35. The minimum absolute atomic E-state index is 0.00708. The van der Waals surface area contributed by atoms with Gasteiger partial charge in [-0.05, 0) is 54.7 Å². The molecule has 10 nitrogen and oxygen atoms in total. The minimum atomic E-state index is -4.00. The predicted molar refractivity (Wildman–Crippen MR) is 125 cm³/mol. The lowest BCUT2D eigenvalue weighted by atomic mass is 10.2. The maximum Gasteiger partial charge on any atom is 0.285 e. The number of benzene rings is 2. The maximum atomic E-state index is 12.7. The number of amides is 1. The number of nitrogens with one attached hydrogen (secondary N) is 2. The molecule has 31 heavy (non-hydrogen) atoms. The molecule has 166 valence electrons. The van der Waals surface area contributed by atoms with Crippen molar-refractivity contribution in [2.45, 2.75) is 4.90 Å². The number of anilines is 1. The lowest BCUT2D eigenvalue weighted by molar-refractivity contribution is 0.0969. The van der Waals surface area contributed by atoms with Gasteiger partial charge in [-0.1, -0.05) is 15.9 Å². The number of hydrogen-bond donors (Lipinski definition) is 4. The third kappa shape index (κ3) is 7.47. The molecule has 0 aliphatic heterocycles. The number of carbonyl (C=O) groups excluding carboxylic acids is 1. The first-order chi connectivity index (χ1) is 14.6. The van der Waals surface area contributed by atoms with Crippen molar-refractivity contribution in [1.82, 2.24) is 5.32 Å². The summed E-state index contributed by atoms with van der Waals surface area (Å²) >= 11 is 8.49. The third-order valence-corrected chi connectivity index (χ3v) is 5.61. The van der Waals surface area contributed by atoms with Gasteiger partial charge in [-0.3, -0.25) is 10.1 Å². The Labute approximate surface area is 193 Å². The van der Waals surface area contributed by atoms with Gasteiger partial charge in [0.2, 0.25) is 5.96 Å². The molecule has 0 spiro atoms. The number of nitrogens with zero attached hydrogens (tertiary/aromatic N) is 1. The van der Waals surface area contributed by atoms with E-state index in [2.05, 4.69) is 31.0 Å². The van der Waals surface area contributed by atoms with Gasteiger partial charge >= 0.3 is 0 Å². The summed E-state index contributed by atoms with van der Waals surface area (Å²) in [7, 11) is -2.45. The van der Waals surface area contributed by atoms with Crippen molar-refractivity contribution in [2.75, 3.05) is 25.6 Å². The number of thiocarbonyl (C=S) groups is 1. The van der Waals surface area contributed by atoms with E-state index in [0.717, 1.165) is 0 Å². The molecule has 2 aromatic carbocycles. The first-order valence-corrected chi connectivity index (χ1v) is 11.3. The Bertz CT molecular complexity index is 1090. The molecule has 0 saturated carbocycles. The molecule has 0 atom stereocenters. The van der Waals surface area contributed by atoms with Gasteiger partial charge in [0, 0.05) is 17.3 Å². The molecule has 0 radical (unpaired) electrons. The molecular formula is C18H20BrN5O5S2. The number of hydrogen-bond acceptors (Lipinski definition) is 6. The van der Waals surface area contributed by atoms with Gasteiger partial charge < -0.3 is 26.3 Å². The molecule has 0 fully saturated rings. The molecule has 2 rings (SSSR count). The average molecular weight is 530 g/mol. The largest absolute Gasteiger partial charge is 0.490 e. The number of carbonyl (C=O) groups is 1. The van der Waals surface area contributed by atoms with Gasteiger partial charge in [-0.15, -0.1) is 4.40 Å². The first-order valence-electron chi connectivity index (χ1n) is 8.62. The fourth-order valence-corrected chi connectivity index (χ4v) is 3.71. The van der Waals surface area contributed by atoms with Crippen LogP contribution in [-0.4, -0.2) is 45.7 Å². The molecule has 0 bridgehead atoms. The Kier molecular flexibility index (Phi) is 8.74. The third-order valence-electron chi connectivity index (χ3n) is 3.59. The highest BCUT2D eigenvalue weighted by Gasteiger charge is 2.16. The Hall–Kier alpha value is -2.74. The zero-order valence-electron chi connectivity index (χ0n) is 16.3. The van der Waals surface area contributed by atoms with Gasteiger partial charge in [0.1, 0.15) is 12.4 Å². The smallest absolute Gasteiger partial charge is 0.285 e. The van der Waals surface area contributed by atoms with Crippen LogP contribution in [0.1, 0.15) is 10.4 Å². The second kappa shape index (κ2) is 11.0. The first kappa shape index (κ1) is 24.5. The number of guanidine groups is 1. The van der Waals surface area contributed by atoms with Gasteiger partial charge in [0.05, 0.1) is 17.1 Å². The predicted octanol–water partition coefficient (Wildman–Crippen LogP) is 1.56. The Morgan fingerprint density at radius 3 is 2.45 bits per heavy atom. The van der Waals surface area contributed by atoms with E-state index >= 15 is 0 Å². The Morgan fingerprint density at radius 1 is 1.16 bits per heavy atom. The van der Waals surface area contributed by atoms with Crippen LogP contribution in [0.4, 0.5) is 5.69 Å². The van der Waals surface area contributed by atoms with E-state index in [-0.39, 0.29) is 22.2 Å². The van der Waals surface area contributed by atoms with Crippen LogP contribution in [0.2, 0.25) is 0 Å². The molecular weight excluding hydrogens is 510 g/mol. The van der Waals surface area contributed by atoms with Gasteiger partial charge in [0.25, 0.3) is 15.9 Å². The number of ether oxygens (including phenoxy) is 2. The van der Waals surface area contributed by atoms with Crippen molar-refractivity contribution in [1.29, 1.82) is 0 Å². The van der Waals surface area contributed by atoms with E-state index in [0.29, 0.717) is 22.5 Å². The zero-order chi connectivity index (χ0) is 23.0. The van der Waals surface area contributed by atoms with E-state index in [9.17, 15) is 13.2 Å². The monoisotopic (exact) mass is 529 g/mol. The molecule has 0 saturated heterocycles. The van der Waals surface area contributed by atoms with Crippen molar-refractivity contribution in [2.24, 2.45) is 15.9 Å². The van der Waals surface area contributed by atoms with Crippen LogP contribution in [0.3, 0.4) is 0 Å². The Balaban J connectivity index is 2.07. The van der Waals surface area contributed by atoms with Gasteiger partial charge in [-0.2, -0.15) is 8.42 Å². The highest BCUT2D eigenvalue weighted by molar-refractivity contribution is 9.10. The van der Waals surface area contributed by atoms with E-state index in [1.54, 1.807) is 25.3 Å². The minimum Gasteiger partial charge on any atom is -0.490 e. The van der Waals surface area contributed by atoms with Crippen LogP contribution in [0.15, 0.2) is 56.2 Å². The number of methoxy groups -OCH3 is 1. The topological polar surface area (TPSA) is 158 Å². The SMILES string of the molecule is COCCOc1ccc(Br)cc1C(=O)NC(=S)Nc1ccc(S(=O)(=O)N=C(N)N)cc1. The number of halogens is 1. The summed E-state index contributed by atoms with van der Waals surface area (Å²) in [5.74, 6) is -0.683. The van der Waals surface area contributed by atoms with Gasteiger partial charge in [-0.25, -0.2) is 0 Å². The van der Waals surface area contributed by atoms with Crippen molar-refractivity contribution >= 4 is 60.8 Å². The van der Waals surface area contributed by atoms with Crippen molar-refractivity contribution in [3.05, 3.63) is 52.5 Å². The fraction of sp³-hybridized carbons (Fsp3) is 0.167. The summed E-state index contributed by atoms with van der Waals surface area (Å²) in [6.07, 6.45) is 0. The van der Waals surface area contributed by atoms with Crippen LogP contribution >= 0.6 is 28.1 Å². The number of nitrogens with two attached hydrogens (primary N) is 2. The summed E-state index contributed by atoms with van der Waals surface area (Å²) in [4.78, 5) is 12.5. The summed E-state index contributed by atoms with van der Waals surface area (Å²) in [6.45, 7) is 0.641. The summed E-state index contributed by atoms with van der Waals surface area (Å²) in [6, 6.07) is 10.5. The number of rotatable bonds is 8. The second-order valence-corrected chi connectivity index (χ2v) is 8.83. The maximum absolute atomic E-state index is 12.7. The molecule has 13 heteroatoms. The van der Waals surface area contributed by atoms with Crippen LogP contribution in [-0.2, 0) is 14.8 Å². The molecule has 6 N–H and O–H groups in total. The number of sulfonamides is 1. The molecule has 0 aliphatic carbocycles. The Morgan fingerprint density at radius 2 is 1.84 bits per heavy atom. The lowest BCUT2D eigenvalue weighted by Gasteiger charge is -2.13. The van der Waals surface area contributed by atoms with Crippen LogP contribution in [0, 0.1) is 0 Å². The van der Waals surface area contributed by atoms with Crippen molar-refractivity contribution < 1.29 is 22.7 Å². The molecule has 0 aromatic heterocycles. The van der Waals surface area contributed by atoms with Gasteiger partial charge in [0.15, 0.2) is 5.11 Å². The lowest BCUT2D eigenvalue weighted by Crippen LogP contribution is -2.34. The van der Waals surface area contributed by atoms with Crippen molar-refractivity contribution in [3.8, 4) is 5.75 Å². The molecule has 1 amide bonds. The van der Waals surface area contributed by atoms with E-state index in [1.807, 2.05) is 0 Å². The van der Waals surface area contributed by atoms with E-state index in [4.69, 9.17) is 33.2 Å². The normalized spacial score (nSPS) is 10.8. The molecule has 0 aliphatic rings. The molecule has 2 aromatic rings. The average Bonchev–Trinajstić information content (AvgIpc) is 2.68. The molecule has 0 unspecified atom stereocenters. The van der Waals surface area contributed by atoms with Crippen LogP contribution < -0.4 is 26.8 Å². The summed E-state index contributed by atoms with van der Waals surface area (Å²) < 4.78 is 38.3. The second-order valence-electron chi connectivity index (χ2n) is 5.91. The fourth-order valence-electron chi connectivity index (χ4n) is 2.27. The standard InChI is InChI=1S/C18H20BrN5O5S2/c1-28-8-9-29-15-7-2-11(19)10-14(15)16(25)23-18(30)22-12-3-5-13(6-4-12)31(26,27)24-17(20)21/h2-7,10H,8-9H2,1H3,(H4,20,21,24)(H2,22,23,25,30). The van der Waals surface area contributed by atoms with E-state index < -0.39 is 21.9 Å². The van der Waals surface area contributed by atoms with Crippen LogP contribution in [0.25, 0.3) is 0 Å². The van der Waals surface area contributed by atoms with Crippen LogP contribution in [0.5, 0.6) is 5.75 Å². The molecule has 0 heterocycles. The highest BCUT2D eigenvalue weighted by atomic mass is 79.9. The van der Waals surface area contributed by atoms with Crippen molar-refractivity contribution in [3.63, 3.8) is 0 Å². The highest BCUT2D eigenvalue weighted by Crippen LogP contribution is 2.23.